The van der Waals surface area contributed by atoms with E-state index in [0.717, 1.165) is 0 Å². The summed E-state index contributed by atoms with van der Waals surface area (Å²) >= 11 is 0. The van der Waals surface area contributed by atoms with Gasteiger partial charge in [-0.15, -0.1) is 0 Å². The molecule has 0 fully saturated rings. The molecule has 0 N–H and O–H groups in total. The highest BCUT2D eigenvalue weighted by Crippen LogP contribution is 2.36. The largest absolute Gasteiger partial charge is 0.309 e. The third-order valence-corrected chi connectivity index (χ3v) is 10.8. The summed E-state index contributed by atoms with van der Waals surface area (Å²) < 4.78 is 4.81. The summed E-state index contributed by atoms with van der Waals surface area (Å²) in [5.41, 5.74) is 14.9. The zero-order valence-corrected chi connectivity index (χ0v) is 29.9. The van der Waals surface area contributed by atoms with E-state index in [-0.39, 0.29) is 0 Å². The summed E-state index contributed by atoms with van der Waals surface area (Å²) in [7, 11) is 0. The van der Waals surface area contributed by atoms with Crippen molar-refractivity contribution >= 4 is 77.3 Å². The van der Waals surface area contributed by atoms with Gasteiger partial charge in [-0.2, -0.15) is 0 Å². The third-order valence-electron chi connectivity index (χ3n) is 10.8. The normalized spacial score (nSPS) is 12.2. The highest BCUT2D eigenvalue weighted by atomic mass is 15.0. The molecular weight excluding hydrogens is 629 g/mol. The van der Waals surface area contributed by atoms with Crippen LogP contribution in [0.5, 0.6) is 0 Å². The van der Waals surface area contributed by atoms with Crippen LogP contribution in [0.15, 0.2) is 146 Å². The van der Waals surface area contributed by atoms with Gasteiger partial charge in [0.2, 0.25) is 0 Å². The van der Waals surface area contributed by atoms with Crippen LogP contribution in [0.2, 0.25) is 0 Å². The van der Waals surface area contributed by atoms with Crippen LogP contribution in [-0.4, -0.2) is 9.13 Å². The van der Waals surface area contributed by atoms with E-state index >= 15 is 0 Å². The first kappa shape index (κ1) is 30.4. The van der Waals surface area contributed by atoms with E-state index < -0.39 is 0 Å². The minimum atomic E-state index is 1.19. The summed E-state index contributed by atoms with van der Waals surface area (Å²) in [6.45, 7) is 8.69. The van der Waals surface area contributed by atoms with Gasteiger partial charge in [0.05, 0.1) is 22.1 Å². The van der Waals surface area contributed by atoms with E-state index in [9.17, 15) is 0 Å². The van der Waals surface area contributed by atoms with Gasteiger partial charge in [0.15, 0.2) is 0 Å². The molecule has 0 aliphatic rings. The molecule has 2 aromatic heterocycles. The molecule has 0 saturated carbocycles. The SMILES string of the molecule is Cc1ccc2c(c1)c1cc(C)ccc1n2-c1ccc2cc(/C=C/c3ccc4cc(-n5c6ccc(C)cc6c6cc(C)ccc65)ccc4c3)ccc2c1. The lowest BCUT2D eigenvalue weighted by atomic mass is 10.0. The summed E-state index contributed by atoms with van der Waals surface area (Å²) in [6.07, 6.45) is 4.45. The summed E-state index contributed by atoms with van der Waals surface area (Å²) in [6, 6.07) is 54.4. The molecule has 2 heterocycles. The molecule has 10 rings (SSSR count). The highest BCUT2D eigenvalue weighted by Gasteiger charge is 2.15. The molecule has 0 atom stereocenters. The van der Waals surface area contributed by atoms with Gasteiger partial charge in [-0.1, -0.05) is 95.1 Å². The fourth-order valence-electron chi connectivity index (χ4n) is 8.24. The van der Waals surface area contributed by atoms with Crippen molar-refractivity contribution in [2.75, 3.05) is 0 Å². The Kier molecular flexibility index (Phi) is 6.78. The fraction of sp³-hybridized carbons (Fsp3) is 0.0800. The smallest absolute Gasteiger partial charge is 0.0541 e. The molecule has 0 amide bonds. The lowest BCUT2D eigenvalue weighted by Gasteiger charge is -2.10. The first-order valence-electron chi connectivity index (χ1n) is 18.2. The van der Waals surface area contributed by atoms with E-state index in [2.05, 4.69) is 195 Å². The predicted molar refractivity (Wildman–Crippen MR) is 224 cm³/mol. The van der Waals surface area contributed by atoms with Crippen LogP contribution < -0.4 is 0 Å². The molecule has 8 aromatic carbocycles. The molecular formula is C50H38N2. The van der Waals surface area contributed by atoms with Crippen molar-refractivity contribution in [1.29, 1.82) is 0 Å². The first-order valence-corrected chi connectivity index (χ1v) is 18.2. The quantitative estimate of drug-likeness (QED) is 0.165. The second-order valence-electron chi connectivity index (χ2n) is 14.7. The molecule has 0 spiro atoms. The topological polar surface area (TPSA) is 9.86 Å². The Morgan fingerprint density at radius 3 is 0.962 bits per heavy atom. The molecule has 0 bridgehead atoms. The molecule has 2 nitrogen and oxygen atoms in total. The third kappa shape index (κ3) is 4.94. The Labute approximate surface area is 303 Å². The Bertz CT molecular complexity index is 2780. The average Bonchev–Trinajstić information content (AvgIpc) is 3.64. The minimum absolute atomic E-state index is 1.19. The van der Waals surface area contributed by atoms with E-state index in [0.29, 0.717) is 0 Å². The van der Waals surface area contributed by atoms with Crippen molar-refractivity contribution in [2.24, 2.45) is 0 Å². The van der Waals surface area contributed by atoms with E-state index in [1.807, 2.05) is 0 Å². The van der Waals surface area contributed by atoms with Crippen molar-refractivity contribution in [3.8, 4) is 11.4 Å². The van der Waals surface area contributed by atoms with Crippen molar-refractivity contribution in [3.63, 3.8) is 0 Å². The maximum atomic E-state index is 2.41. The van der Waals surface area contributed by atoms with Gasteiger partial charge in [0.1, 0.15) is 0 Å². The van der Waals surface area contributed by atoms with Crippen molar-refractivity contribution in [3.05, 3.63) is 179 Å². The second-order valence-corrected chi connectivity index (χ2v) is 14.7. The number of benzene rings is 8. The van der Waals surface area contributed by atoms with Crippen LogP contribution in [0.4, 0.5) is 0 Å². The number of aryl methyl sites for hydroxylation is 4. The van der Waals surface area contributed by atoms with E-state index in [1.165, 1.54) is 110 Å². The Morgan fingerprint density at radius 2 is 0.615 bits per heavy atom. The molecule has 10 aromatic rings. The molecule has 0 saturated heterocycles. The molecule has 52 heavy (non-hydrogen) atoms. The maximum Gasteiger partial charge on any atom is 0.0541 e. The van der Waals surface area contributed by atoms with Crippen LogP contribution in [-0.2, 0) is 0 Å². The zero-order valence-electron chi connectivity index (χ0n) is 29.9. The van der Waals surface area contributed by atoms with Crippen LogP contribution in [0, 0.1) is 27.7 Å². The zero-order chi connectivity index (χ0) is 35.1. The molecule has 0 unspecified atom stereocenters. The predicted octanol–water partition coefficient (Wildman–Crippen LogP) is 13.6. The van der Waals surface area contributed by atoms with Gasteiger partial charge >= 0.3 is 0 Å². The van der Waals surface area contributed by atoms with Gasteiger partial charge < -0.3 is 9.13 Å². The van der Waals surface area contributed by atoms with Crippen LogP contribution in [0.3, 0.4) is 0 Å². The minimum Gasteiger partial charge on any atom is -0.309 e. The average molecular weight is 667 g/mol. The van der Waals surface area contributed by atoms with Gasteiger partial charge in [0, 0.05) is 32.9 Å². The molecule has 0 aliphatic heterocycles. The standard InChI is InChI=1S/C50H38N2/c1-31-5-19-47-43(23-31)44-24-32(2)6-20-48(44)51(47)41-17-15-37-27-35(11-13-39(37)29-41)9-10-36-12-14-40-30-42(18-16-38(40)28-36)52-49-21-7-33(3)25-45(49)46-26-34(4)8-22-50(46)52/h5-30H,1-4H3/b10-9+. The Hall–Kier alpha value is -6.38. The number of hydrogen-bond acceptors (Lipinski definition) is 0. The number of fused-ring (bicyclic) bond motifs is 8. The molecule has 0 aliphatic carbocycles. The maximum absolute atomic E-state index is 2.41. The summed E-state index contributed by atoms with van der Waals surface area (Å²) in [5.74, 6) is 0. The van der Waals surface area contributed by atoms with Gasteiger partial charge in [0.25, 0.3) is 0 Å². The monoisotopic (exact) mass is 666 g/mol. The van der Waals surface area contributed by atoms with E-state index in [1.54, 1.807) is 0 Å². The summed E-state index contributed by atoms with van der Waals surface area (Å²) in [5, 5.41) is 10.2. The summed E-state index contributed by atoms with van der Waals surface area (Å²) in [4.78, 5) is 0. The molecule has 0 radical (unpaired) electrons. The number of rotatable bonds is 4. The lowest BCUT2D eigenvalue weighted by molar-refractivity contribution is 1.18. The van der Waals surface area contributed by atoms with E-state index in [4.69, 9.17) is 0 Å². The van der Waals surface area contributed by atoms with Crippen LogP contribution >= 0.6 is 0 Å². The van der Waals surface area contributed by atoms with Gasteiger partial charge in [-0.3, -0.25) is 0 Å². The van der Waals surface area contributed by atoms with Crippen molar-refractivity contribution in [1.82, 2.24) is 9.13 Å². The fourth-order valence-corrected chi connectivity index (χ4v) is 8.24. The number of hydrogen-bond donors (Lipinski definition) is 0. The Morgan fingerprint density at radius 1 is 0.308 bits per heavy atom. The molecule has 248 valence electrons. The first-order chi connectivity index (χ1) is 25.4. The van der Waals surface area contributed by atoms with Crippen LogP contribution in [0.1, 0.15) is 33.4 Å². The highest BCUT2D eigenvalue weighted by molar-refractivity contribution is 6.11. The lowest BCUT2D eigenvalue weighted by Crippen LogP contribution is -1.94. The molecule has 2 heteroatoms. The van der Waals surface area contributed by atoms with Gasteiger partial charge in [-0.25, -0.2) is 0 Å². The number of nitrogens with zero attached hydrogens (tertiary/aromatic N) is 2. The Balaban J connectivity index is 0.964. The second kappa shape index (κ2) is 11.6. The van der Waals surface area contributed by atoms with Crippen molar-refractivity contribution < 1.29 is 0 Å². The van der Waals surface area contributed by atoms with Gasteiger partial charge in [-0.05, 0) is 145 Å². The van der Waals surface area contributed by atoms with Crippen molar-refractivity contribution in [2.45, 2.75) is 27.7 Å². The number of aromatic nitrogens is 2. The van der Waals surface area contributed by atoms with Crippen LogP contribution in [0.25, 0.3) is 88.7 Å².